The number of carbonyl (C=O) groups excluding carboxylic acids is 1. The van der Waals surface area contributed by atoms with Crippen LogP contribution < -0.4 is 4.90 Å². The Kier molecular flexibility index (Phi) is 4.46. The first-order valence-electron chi connectivity index (χ1n) is 5.62. The van der Waals surface area contributed by atoms with Gasteiger partial charge in [-0.05, 0) is 30.6 Å². The minimum absolute atomic E-state index is 0.00565. The maximum atomic E-state index is 12.4. The molecule has 0 spiro atoms. The molecule has 0 aliphatic carbocycles. The van der Waals surface area contributed by atoms with E-state index in [0.29, 0.717) is 5.69 Å². The predicted molar refractivity (Wildman–Crippen MR) is 80.8 cm³/mol. The molecule has 0 atom stereocenters. The Morgan fingerprint density at radius 3 is 2.57 bits per heavy atom. The topological polar surface area (TPSA) is 83.4 Å². The SMILES string of the molecule is Cc1nsc(N(C)C(=O)c2ccc(Cl)nc2Cl)c1C(=O)O. The van der Waals surface area contributed by atoms with Gasteiger partial charge in [-0.2, -0.15) is 4.37 Å². The van der Waals surface area contributed by atoms with Gasteiger partial charge in [0.25, 0.3) is 5.91 Å². The standard InChI is InChI=1S/C12H9Cl2N3O3S/c1-5-8(12(19)20)11(21-16-5)17(2)10(18)6-3-4-7(13)15-9(6)14/h3-4H,1-2H3,(H,19,20). The molecule has 21 heavy (non-hydrogen) atoms. The van der Waals surface area contributed by atoms with Crippen LogP contribution >= 0.6 is 34.7 Å². The molecule has 110 valence electrons. The summed E-state index contributed by atoms with van der Waals surface area (Å²) in [4.78, 5) is 28.6. The first kappa shape index (κ1) is 15.7. The number of aryl methyl sites for hydroxylation is 1. The molecule has 1 N–H and O–H groups in total. The third-order valence-corrected chi connectivity index (χ3v) is 4.23. The number of aromatic nitrogens is 2. The molecule has 0 aliphatic rings. The molecule has 0 aromatic carbocycles. The van der Waals surface area contributed by atoms with E-state index in [0.717, 1.165) is 11.5 Å². The zero-order valence-corrected chi connectivity index (χ0v) is 13.3. The third kappa shape index (κ3) is 2.99. The average molecular weight is 346 g/mol. The number of pyridine rings is 1. The third-order valence-electron chi connectivity index (χ3n) is 2.71. The number of aromatic carboxylic acids is 1. The van der Waals surface area contributed by atoms with Gasteiger partial charge in [0, 0.05) is 7.05 Å². The van der Waals surface area contributed by atoms with E-state index in [9.17, 15) is 14.7 Å². The van der Waals surface area contributed by atoms with Crippen LogP contribution in [-0.2, 0) is 0 Å². The highest BCUT2D eigenvalue weighted by Crippen LogP contribution is 2.29. The molecule has 0 unspecified atom stereocenters. The van der Waals surface area contributed by atoms with E-state index in [1.54, 1.807) is 6.92 Å². The molecule has 2 rings (SSSR count). The first-order valence-corrected chi connectivity index (χ1v) is 7.15. The lowest BCUT2D eigenvalue weighted by Crippen LogP contribution is -2.27. The van der Waals surface area contributed by atoms with Crippen molar-refractivity contribution in [3.8, 4) is 0 Å². The van der Waals surface area contributed by atoms with Crippen molar-refractivity contribution < 1.29 is 14.7 Å². The smallest absolute Gasteiger partial charge is 0.340 e. The molecule has 1 amide bonds. The quantitative estimate of drug-likeness (QED) is 0.864. The number of carboxylic acid groups (broad SMARTS) is 1. The minimum Gasteiger partial charge on any atom is -0.478 e. The van der Waals surface area contributed by atoms with Crippen LogP contribution in [0.3, 0.4) is 0 Å². The number of rotatable bonds is 3. The molecule has 0 radical (unpaired) electrons. The fourth-order valence-corrected chi connectivity index (χ4v) is 2.95. The highest BCUT2D eigenvalue weighted by atomic mass is 35.5. The number of carboxylic acids is 1. The van der Waals surface area contributed by atoms with Gasteiger partial charge < -0.3 is 10.0 Å². The summed E-state index contributed by atoms with van der Waals surface area (Å²) < 4.78 is 3.97. The molecule has 0 saturated heterocycles. The zero-order valence-electron chi connectivity index (χ0n) is 10.9. The van der Waals surface area contributed by atoms with E-state index in [-0.39, 0.29) is 26.4 Å². The maximum Gasteiger partial charge on any atom is 0.340 e. The Balaban J connectivity index is 2.42. The second-order valence-corrected chi connectivity index (χ2v) is 5.59. The zero-order chi connectivity index (χ0) is 15.7. The molecule has 0 bridgehead atoms. The van der Waals surface area contributed by atoms with Crippen LogP contribution in [0.15, 0.2) is 12.1 Å². The lowest BCUT2D eigenvalue weighted by atomic mass is 10.2. The number of amides is 1. The van der Waals surface area contributed by atoms with Crippen LogP contribution in [-0.4, -0.2) is 33.4 Å². The van der Waals surface area contributed by atoms with Gasteiger partial charge in [0.2, 0.25) is 0 Å². The van der Waals surface area contributed by atoms with Crippen molar-refractivity contribution in [1.29, 1.82) is 0 Å². The summed E-state index contributed by atoms with van der Waals surface area (Å²) >= 11 is 12.5. The number of hydrogen-bond acceptors (Lipinski definition) is 5. The summed E-state index contributed by atoms with van der Waals surface area (Å²) in [5.74, 6) is -1.63. The van der Waals surface area contributed by atoms with Crippen LogP contribution in [0.4, 0.5) is 5.00 Å². The van der Waals surface area contributed by atoms with Crippen molar-refractivity contribution >= 4 is 51.6 Å². The Hall–Kier alpha value is -1.70. The van der Waals surface area contributed by atoms with Gasteiger partial charge >= 0.3 is 5.97 Å². The van der Waals surface area contributed by atoms with Crippen LogP contribution in [0.25, 0.3) is 0 Å². The summed E-state index contributed by atoms with van der Waals surface area (Å²) in [5, 5.41) is 9.55. The van der Waals surface area contributed by atoms with Gasteiger partial charge in [-0.25, -0.2) is 9.78 Å². The molecule has 6 nitrogen and oxygen atoms in total. The van der Waals surface area contributed by atoms with Crippen molar-refractivity contribution in [3.05, 3.63) is 39.3 Å². The second kappa shape index (κ2) is 5.97. The van der Waals surface area contributed by atoms with Crippen molar-refractivity contribution in [3.63, 3.8) is 0 Å². The van der Waals surface area contributed by atoms with Gasteiger partial charge in [-0.1, -0.05) is 23.2 Å². The number of carbonyl (C=O) groups is 2. The van der Waals surface area contributed by atoms with Gasteiger partial charge in [0.15, 0.2) is 0 Å². The molecule has 2 heterocycles. The molecular formula is C12H9Cl2N3O3S. The monoisotopic (exact) mass is 345 g/mol. The lowest BCUT2D eigenvalue weighted by Gasteiger charge is -2.16. The number of hydrogen-bond donors (Lipinski definition) is 1. The van der Waals surface area contributed by atoms with Crippen LogP contribution in [0.1, 0.15) is 26.4 Å². The normalized spacial score (nSPS) is 10.5. The van der Waals surface area contributed by atoms with Gasteiger partial charge in [0.05, 0.1) is 11.3 Å². The van der Waals surface area contributed by atoms with Crippen LogP contribution in [0.2, 0.25) is 10.3 Å². The first-order chi connectivity index (χ1) is 9.82. The largest absolute Gasteiger partial charge is 0.478 e. The molecule has 9 heteroatoms. The van der Waals surface area contributed by atoms with E-state index in [1.165, 1.54) is 24.1 Å². The molecule has 0 fully saturated rings. The highest BCUT2D eigenvalue weighted by Gasteiger charge is 2.26. The molecular weight excluding hydrogens is 337 g/mol. The fourth-order valence-electron chi connectivity index (χ4n) is 1.68. The van der Waals surface area contributed by atoms with Gasteiger partial charge in [0.1, 0.15) is 20.9 Å². The molecule has 0 saturated carbocycles. The summed E-state index contributed by atoms with van der Waals surface area (Å²) in [5.41, 5.74) is 0.474. The number of halogens is 2. The Morgan fingerprint density at radius 1 is 1.33 bits per heavy atom. The van der Waals surface area contributed by atoms with Crippen LogP contribution in [0, 0.1) is 6.92 Å². The lowest BCUT2D eigenvalue weighted by molar-refractivity contribution is 0.0697. The summed E-state index contributed by atoms with van der Waals surface area (Å²) in [6.07, 6.45) is 0. The fraction of sp³-hybridized carbons (Fsp3) is 0.167. The van der Waals surface area contributed by atoms with E-state index < -0.39 is 11.9 Å². The molecule has 2 aromatic rings. The van der Waals surface area contributed by atoms with Gasteiger partial charge in [-0.15, -0.1) is 0 Å². The van der Waals surface area contributed by atoms with Crippen LogP contribution in [0.5, 0.6) is 0 Å². The van der Waals surface area contributed by atoms with Crippen molar-refractivity contribution in [2.24, 2.45) is 0 Å². The molecule has 0 aliphatic heterocycles. The van der Waals surface area contributed by atoms with Crippen molar-refractivity contribution in [2.75, 3.05) is 11.9 Å². The average Bonchev–Trinajstić information content (AvgIpc) is 2.79. The van der Waals surface area contributed by atoms with Gasteiger partial charge in [-0.3, -0.25) is 4.79 Å². The maximum absolute atomic E-state index is 12.4. The predicted octanol–water partition coefficient (Wildman–Crippen LogP) is 3.13. The van der Waals surface area contributed by atoms with Crippen molar-refractivity contribution in [1.82, 2.24) is 9.36 Å². The Bertz CT molecular complexity index is 733. The Labute approximate surface area is 134 Å². The summed E-state index contributed by atoms with van der Waals surface area (Å²) in [6.45, 7) is 1.57. The number of nitrogens with zero attached hydrogens (tertiary/aromatic N) is 3. The summed E-state index contributed by atoms with van der Waals surface area (Å²) in [7, 11) is 1.45. The Morgan fingerprint density at radius 2 is 2.00 bits per heavy atom. The molecule has 2 aromatic heterocycles. The number of anilines is 1. The van der Waals surface area contributed by atoms with Crippen molar-refractivity contribution in [2.45, 2.75) is 6.92 Å². The second-order valence-electron chi connectivity index (χ2n) is 4.09. The van der Waals surface area contributed by atoms with E-state index in [2.05, 4.69) is 9.36 Å². The van der Waals surface area contributed by atoms with E-state index >= 15 is 0 Å². The van der Waals surface area contributed by atoms with E-state index in [4.69, 9.17) is 23.2 Å². The minimum atomic E-state index is -1.14. The summed E-state index contributed by atoms with van der Waals surface area (Å²) in [6, 6.07) is 2.87. The highest BCUT2D eigenvalue weighted by molar-refractivity contribution is 7.11. The van der Waals surface area contributed by atoms with E-state index in [1.807, 2.05) is 0 Å².